The predicted octanol–water partition coefficient (Wildman–Crippen LogP) is 2.64. The number of rotatable bonds is 3. The first kappa shape index (κ1) is 14.2. The average molecular weight is 269 g/mol. The minimum absolute atomic E-state index is 0.198. The molecule has 0 aliphatic rings. The van der Waals surface area contributed by atoms with Crippen LogP contribution >= 0.6 is 0 Å². The Hall–Kier alpha value is -2.23. The van der Waals surface area contributed by atoms with Crippen molar-refractivity contribution in [3.8, 4) is 0 Å². The fourth-order valence-corrected chi connectivity index (χ4v) is 2.24. The maximum absolute atomic E-state index is 12.0. The third-order valence-corrected chi connectivity index (χ3v) is 3.74. The summed E-state index contributed by atoms with van der Waals surface area (Å²) < 4.78 is 0. The minimum atomic E-state index is -0.198. The van der Waals surface area contributed by atoms with Crippen LogP contribution in [0.4, 0.5) is 0 Å². The van der Waals surface area contributed by atoms with Crippen molar-refractivity contribution in [2.24, 2.45) is 0 Å². The Kier molecular flexibility index (Phi) is 4.13. The number of benzene rings is 1. The van der Waals surface area contributed by atoms with Crippen molar-refractivity contribution in [2.45, 2.75) is 34.2 Å². The van der Waals surface area contributed by atoms with Gasteiger partial charge in [0.05, 0.1) is 6.20 Å². The molecule has 104 valence electrons. The zero-order valence-corrected chi connectivity index (χ0v) is 12.3. The van der Waals surface area contributed by atoms with Gasteiger partial charge in [-0.1, -0.05) is 6.07 Å². The Morgan fingerprint density at radius 1 is 1.10 bits per heavy atom. The highest BCUT2D eigenvalue weighted by Gasteiger charge is 2.11. The van der Waals surface area contributed by atoms with Crippen LogP contribution in [0.2, 0.25) is 0 Å². The van der Waals surface area contributed by atoms with E-state index < -0.39 is 0 Å². The lowest BCUT2D eigenvalue weighted by Crippen LogP contribution is -2.25. The summed E-state index contributed by atoms with van der Waals surface area (Å²) in [4.78, 5) is 19.9. The average Bonchev–Trinajstić information content (AvgIpc) is 2.46. The van der Waals surface area contributed by atoms with Crippen molar-refractivity contribution in [3.63, 3.8) is 0 Å². The molecule has 0 atom stereocenters. The van der Waals surface area contributed by atoms with Gasteiger partial charge >= 0.3 is 0 Å². The molecule has 0 saturated carbocycles. The highest BCUT2D eigenvalue weighted by Crippen LogP contribution is 2.21. The van der Waals surface area contributed by atoms with Crippen molar-refractivity contribution in [1.82, 2.24) is 15.3 Å². The summed E-state index contributed by atoms with van der Waals surface area (Å²) in [5.74, 6) is -0.198. The van der Waals surface area contributed by atoms with Crippen LogP contribution in [0.5, 0.6) is 0 Å². The smallest absolute Gasteiger partial charge is 0.271 e. The molecular formula is C16H19N3O. The summed E-state index contributed by atoms with van der Waals surface area (Å²) in [6.07, 6.45) is 4.54. The topological polar surface area (TPSA) is 54.9 Å². The molecule has 1 amide bonds. The van der Waals surface area contributed by atoms with Crippen LogP contribution in [0.15, 0.2) is 24.7 Å². The Labute approximate surface area is 119 Å². The van der Waals surface area contributed by atoms with E-state index in [1.165, 1.54) is 40.2 Å². The summed E-state index contributed by atoms with van der Waals surface area (Å²) in [6, 6.07) is 2.18. The van der Waals surface area contributed by atoms with Crippen molar-refractivity contribution < 1.29 is 4.79 Å². The zero-order chi connectivity index (χ0) is 14.7. The number of aryl methyl sites for hydroxylation is 2. The number of nitrogens with one attached hydrogen (secondary N) is 1. The molecule has 0 aliphatic carbocycles. The Bertz CT molecular complexity index is 610. The lowest BCUT2D eigenvalue weighted by atomic mass is 9.94. The van der Waals surface area contributed by atoms with E-state index in [0.29, 0.717) is 12.2 Å². The number of amides is 1. The molecule has 0 unspecified atom stereocenters. The predicted molar refractivity (Wildman–Crippen MR) is 78.6 cm³/mol. The van der Waals surface area contributed by atoms with Crippen LogP contribution in [-0.4, -0.2) is 15.9 Å². The van der Waals surface area contributed by atoms with Crippen LogP contribution in [0.1, 0.15) is 38.3 Å². The van der Waals surface area contributed by atoms with Gasteiger partial charge in [0.15, 0.2) is 0 Å². The first-order valence-corrected chi connectivity index (χ1v) is 6.61. The van der Waals surface area contributed by atoms with Gasteiger partial charge in [-0.05, 0) is 55.5 Å². The van der Waals surface area contributed by atoms with Crippen molar-refractivity contribution in [1.29, 1.82) is 0 Å². The van der Waals surface area contributed by atoms with Gasteiger partial charge in [0.2, 0.25) is 0 Å². The van der Waals surface area contributed by atoms with E-state index in [0.717, 1.165) is 0 Å². The molecule has 2 rings (SSSR count). The van der Waals surface area contributed by atoms with E-state index in [9.17, 15) is 4.79 Å². The third-order valence-electron chi connectivity index (χ3n) is 3.74. The van der Waals surface area contributed by atoms with Gasteiger partial charge in [-0.2, -0.15) is 0 Å². The van der Waals surface area contributed by atoms with Crippen LogP contribution in [0.3, 0.4) is 0 Å². The van der Waals surface area contributed by atoms with Crippen molar-refractivity contribution in [2.75, 3.05) is 0 Å². The molecule has 0 radical (unpaired) electrons. The number of hydrogen-bond donors (Lipinski definition) is 1. The molecular weight excluding hydrogens is 250 g/mol. The molecule has 1 aromatic heterocycles. The van der Waals surface area contributed by atoms with Gasteiger partial charge in [0.25, 0.3) is 5.91 Å². The summed E-state index contributed by atoms with van der Waals surface area (Å²) in [6.45, 7) is 8.87. The number of aromatic nitrogens is 2. The van der Waals surface area contributed by atoms with Crippen LogP contribution in [0, 0.1) is 27.7 Å². The van der Waals surface area contributed by atoms with Crippen molar-refractivity contribution >= 4 is 5.91 Å². The molecule has 2 aromatic rings. The van der Waals surface area contributed by atoms with Gasteiger partial charge in [0.1, 0.15) is 5.69 Å². The SMILES string of the molecule is Cc1cc(C)c(C)c(CNC(=O)c2cnccn2)c1C. The second-order valence-electron chi connectivity index (χ2n) is 5.01. The Balaban J connectivity index is 2.18. The fourth-order valence-electron chi connectivity index (χ4n) is 2.24. The van der Waals surface area contributed by atoms with E-state index in [2.05, 4.69) is 49.0 Å². The van der Waals surface area contributed by atoms with Gasteiger partial charge in [-0.25, -0.2) is 4.98 Å². The maximum atomic E-state index is 12.0. The van der Waals surface area contributed by atoms with Gasteiger partial charge < -0.3 is 5.32 Å². The quantitative estimate of drug-likeness (QED) is 0.932. The van der Waals surface area contributed by atoms with Crippen LogP contribution in [-0.2, 0) is 6.54 Å². The normalized spacial score (nSPS) is 10.4. The van der Waals surface area contributed by atoms with E-state index in [1.54, 1.807) is 6.20 Å². The third kappa shape index (κ3) is 2.85. The molecule has 4 heteroatoms. The lowest BCUT2D eigenvalue weighted by molar-refractivity contribution is 0.0945. The Morgan fingerprint density at radius 3 is 2.30 bits per heavy atom. The summed E-state index contributed by atoms with van der Waals surface area (Å²) in [7, 11) is 0. The van der Waals surface area contributed by atoms with E-state index in [4.69, 9.17) is 0 Å². The van der Waals surface area contributed by atoms with Crippen LogP contribution in [0.25, 0.3) is 0 Å². The number of carbonyl (C=O) groups excluding carboxylic acids is 1. The summed E-state index contributed by atoms with van der Waals surface area (Å²) in [5.41, 5.74) is 6.47. The minimum Gasteiger partial charge on any atom is -0.347 e. The molecule has 1 heterocycles. The number of hydrogen-bond acceptors (Lipinski definition) is 3. The van der Waals surface area contributed by atoms with Crippen molar-refractivity contribution in [3.05, 3.63) is 58.2 Å². The standard InChI is InChI=1S/C16H19N3O/c1-10-7-11(2)13(4)14(12(10)3)8-19-16(20)15-9-17-5-6-18-15/h5-7,9H,8H2,1-4H3,(H,19,20). The lowest BCUT2D eigenvalue weighted by Gasteiger charge is -2.15. The highest BCUT2D eigenvalue weighted by atomic mass is 16.1. The number of nitrogens with zero attached hydrogens (tertiary/aromatic N) is 2. The second kappa shape index (κ2) is 5.82. The van der Waals surface area contributed by atoms with E-state index in [-0.39, 0.29) is 5.91 Å². The first-order chi connectivity index (χ1) is 9.50. The largest absolute Gasteiger partial charge is 0.347 e. The molecule has 0 saturated heterocycles. The molecule has 0 bridgehead atoms. The maximum Gasteiger partial charge on any atom is 0.271 e. The van der Waals surface area contributed by atoms with Gasteiger partial charge in [-0.15, -0.1) is 0 Å². The molecule has 0 fully saturated rings. The highest BCUT2D eigenvalue weighted by molar-refractivity contribution is 5.91. The molecule has 1 aromatic carbocycles. The molecule has 4 nitrogen and oxygen atoms in total. The molecule has 0 aliphatic heterocycles. The molecule has 20 heavy (non-hydrogen) atoms. The monoisotopic (exact) mass is 269 g/mol. The number of carbonyl (C=O) groups is 1. The summed E-state index contributed by atoms with van der Waals surface area (Å²) >= 11 is 0. The van der Waals surface area contributed by atoms with Crippen LogP contribution < -0.4 is 5.32 Å². The fraction of sp³-hybridized carbons (Fsp3) is 0.312. The second-order valence-corrected chi connectivity index (χ2v) is 5.01. The molecule has 1 N–H and O–H groups in total. The Morgan fingerprint density at radius 2 is 1.75 bits per heavy atom. The molecule has 0 spiro atoms. The first-order valence-electron chi connectivity index (χ1n) is 6.61. The van der Waals surface area contributed by atoms with E-state index in [1.807, 2.05) is 0 Å². The zero-order valence-electron chi connectivity index (χ0n) is 12.3. The van der Waals surface area contributed by atoms with Gasteiger partial charge in [0, 0.05) is 18.9 Å². The van der Waals surface area contributed by atoms with E-state index >= 15 is 0 Å². The summed E-state index contributed by atoms with van der Waals surface area (Å²) in [5, 5.41) is 2.91. The van der Waals surface area contributed by atoms with Gasteiger partial charge in [-0.3, -0.25) is 9.78 Å².